The van der Waals surface area contributed by atoms with Crippen LogP contribution in [0.2, 0.25) is 0 Å². The number of carbonyl (C=O) groups is 4. The van der Waals surface area contributed by atoms with Gasteiger partial charge < -0.3 is 51.9 Å². The van der Waals surface area contributed by atoms with Crippen molar-refractivity contribution < 1.29 is 42.6 Å². The molecule has 2 fully saturated rings. The first-order chi connectivity index (χ1) is 22.1. The zero-order valence-corrected chi connectivity index (χ0v) is 25.9. The third-order valence-electron chi connectivity index (χ3n) is 6.47. The topological polar surface area (TPSA) is 288 Å². The number of aromatic nitrogens is 2. The van der Waals surface area contributed by atoms with Crippen LogP contribution in [0.3, 0.4) is 0 Å². The van der Waals surface area contributed by atoms with Crippen molar-refractivity contribution in [3.05, 3.63) is 17.1 Å². The second-order valence-corrected chi connectivity index (χ2v) is 11.3. The van der Waals surface area contributed by atoms with E-state index in [0.29, 0.717) is 26.2 Å². The lowest BCUT2D eigenvalue weighted by Gasteiger charge is -2.49. The minimum atomic E-state index is -1.47. The summed E-state index contributed by atoms with van der Waals surface area (Å²) >= 11 is 1.89. The molecule has 3 aliphatic rings. The lowest BCUT2D eigenvalue weighted by atomic mass is 9.99. The molecule has 1 aromatic rings. The van der Waals surface area contributed by atoms with Gasteiger partial charge in [-0.3, -0.25) is 19.9 Å². The van der Waals surface area contributed by atoms with Crippen molar-refractivity contribution in [2.24, 2.45) is 21.8 Å². The highest BCUT2D eigenvalue weighted by atomic mass is 32.2. The Balaban J connectivity index is 1.61. The number of piperazine rings is 1. The molecule has 0 radical (unpaired) electrons. The van der Waals surface area contributed by atoms with Crippen molar-refractivity contribution in [1.82, 2.24) is 29.8 Å². The number of halogens is 1. The Hall–Kier alpha value is -4.61. The molecule has 9 N–H and O–H groups in total. The van der Waals surface area contributed by atoms with Crippen LogP contribution in [0.25, 0.3) is 0 Å². The molecule has 4 heterocycles. The predicted octanol–water partition coefficient (Wildman–Crippen LogP) is -2.38. The number of thioether (sulfide) groups is 1. The Morgan fingerprint density at radius 1 is 1.26 bits per heavy atom. The van der Waals surface area contributed by atoms with E-state index in [4.69, 9.17) is 36.9 Å². The summed E-state index contributed by atoms with van der Waals surface area (Å²) in [5, 5.41) is 20.8. The number of β-lactam (4-membered cyclic amide) rings is 1. The van der Waals surface area contributed by atoms with E-state index in [1.165, 1.54) is 6.92 Å². The van der Waals surface area contributed by atoms with Gasteiger partial charge in [-0.15, -0.1) is 11.8 Å². The second kappa shape index (κ2) is 15.6. The Bertz CT molecular complexity index is 1450. The van der Waals surface area contributed by atoms with Crippen molar-refractivity contribution in [3.8, 4) is 0 Å². The van der Waals surface area contributed by atoms with Crippen LogP contribution in [0.4, 0.5) is 14.3 Å². The first-order valence-corrected chi connectivity index (χ1v) is 15.3. The number of carbonyl (C=O) groups excluding carboxylic acids is 4. The van der Waals surface area contributed by atoms with Crippen LogP contribution in [0, 0.1) is 5.41 Å². The minimum Gasteiger partial charge on any atom is -0.433 e. The molecule has 0 aromatic carbocycles. The summed E-state index contributed by atoms with van der Waals surface area (Å²) in [5.41, 5.74) is 10.1. The largest absolute Gasteiger partial charge is 0.511 e. The molecule has 0 spiro atoms. The molecule has 46 heavy (non-hydrogen) atoms. The molecule has 0 aliphatic carbocycles. The fourth-order valence-electron chi connectivity index (χ4n) is 4.47. The number of oxime groups is 1. The van der Waals surface area contributed by atoms with Gasteiger partial charge in [0.2, 0.25) is 17.8 Å². The Kier molecular flexibility index (Phi) is 11.6. The van der Waals surface area contributed by atoms with Crippen molar-refractivity contribution in [2.45, 2.75) is 24.6 Å². The van der Waals surface area contributed by atoms with E-state index in [1.807, 2.05) is 0 Å². The number of anilines is 1. The van der Waals surface area contributed by atoms with E-state index in [0.717, 1.165) is 28.2 Å². The maximum Gasteiger partial charge on any atom is 0.511 e. The highest BCUT2D eigenvalue weighted by molar-refractivity contribution is 8.00. The summed E-state index contributed by atoms with van der Waals surface area (Å²) in [5.74, 6) is 2.54. The lowest BCUT2D eigenvalue weighted by molar-refractivity contribution is -0.168. The number of hydrazone groups is 1. The third-order valence-corrected chi connectivity index (χ3v) is 8.29. The van der Waals surface area contributed by atoms with Crippen LogP contribution < -0.4 is 27.9 Å². The SMILES string of the molecule is CC(OC(=O)OCCN)OC(=O)C1=C(C(=NN)C(=N)N2CCNCC2)CSC2C(NC(=O)C(=NOCF)c3nsc(N)n3)C(=O)N12. The van der Waals surface area contributed by atoms with E-state index in [-0.39, 0.29) is 52.7 Å². The average Bonchev–Trinajstić information content (AvgIpc) is 3.48. The number of alkyl halides is 1. The maximum absolute atomic E-state index is 13.6. The molecule has 3 aliphatic heterocycles. The normalized spacial score (nSPS) is 20.7. The molecule has 4 rings (SSSR count). The first kappa shape index (κ1) is 34.3. The number of rotatable bonds is 12. The molecular weight excluding hydrogens is 655 g/mol. The van der Waals surface area contributed by atoms with E-state index >= 15 is 0 Å². The van der Waals surface area contributed by atoms with Gasteiger partial charge in [0.15, 0.2) is 5.13 Å². The van der Waals surface area contributed by atoms with Gasteiger partial charge in [-0.25, -0.2) is 14.0 Å². The third kappa shape index (κ3) is 7.60. The van der Waals surface area contributed by atoms with Gasteiger partial charge in [0.25, 0.3) is 18.7 Å². The number of fused-ring (bicyclic) bond motifs is 1. The van der Waals surface area contributed by atoms with Crippen molar-refractivity contribution in [1.29, 1.82) is 5.41 Å². The summed E-state index contributed by atoms with van der Waals surface area (Å²) in [6.45, 7) is 1.91. The number of nitrogen functional groups attached to an aromatic ring is 1. The van der Waals surface area contributed by atoms with Crippen molar-refractivity contribution in [3.63, 3.8) is 0 Å². The summed E-state index contributed by atoms with van der Waals surface area (Å²) in [6.07, 6.45) is -2.61. The van der Waals surface area contributed by atoms with Crippen LogP contribution in [-0.2, 0) is 33.4 Å². The monoisotopic (exact) mass is 686 g/mol. The lowest BCUT2D eigenvalue weighted by Crippen LogP contribution is -2.71. The van der Waals surface area contributed by atoms with E-state index in [2.05, 4.69) is 35.1 Å². The molecule has 0 bridgehead atoms. The summed E-state index contributed by atoms with van der Waals surface area (Å²) in [6, 6.07) is -1.21. The van der Waals surface area contributed by atoms with E-state index in [1.54, 1.807) is 4.90 Å². The average molecular weight is 687 g/mol. The Morgan fingerprint density at radius 2 is 2.00 bits per heavy atom. The molecule has 2 amide bonds. The smallest absolute Gasteiger partial charge is 0.433 e. The number of amides is 2. The highest BCUT2D eigenvalue weighted by Gasteiger charge is 2.55. The zero-order chi connectivity index (χ0) is 33.4. The maximum atomic E-state index is 13.6. The number of amidine groups is 1. The minimum absolute atomic E-state index is 0.0000856. The standard InChI is InChI=1S/C23H31FN12O8S2/c1-10(44-23(40)41-7-2-25)43-21(39)15-11(12(32-28)16(26)35-5-3-29-4-6-35)8-45-20-14(19(38)36(15)20)30-18(37)13(33-42-9-24)17-31-22(27)46-34-17/h10,14,20,26,29H,2-9,25,28H2,1H3,(H,30,37)(H2,27,31,34). The van der Waals surface area contributed by atoms with Crippen LogP contribution in [0.5, 0.6) is 0 Å². The quantitative estimate of drug-likeness (QED) is 0.0254. The van der Waals surface area contributed by atoms with E-state index in [9.17, 15) is 23.6 Å². The fraction of sp³-hybridized carbons (Fsp3) is 0.522. The number of ether oxygens (including phenoxy) is 3. The highest BCUT2D eigenvalue weighted by Crippen LogP contribution is 2.41. The number of nitrogens with one attached hydrogen (secondary N) is 3. The van der Waals surface area contributed by atoms with Gasteiger partial charge in [-0.1, -0.05) is 5.16 Å². The molecule has 2 saturated heterocycles. The molecule has 250 valence electrons. The first-order valence-electron chi connectivity index (χ1n) is 13.5. The van der Waals surface area contributed by atoms with Crippen LogP contribution in [-0.4, -0.2) is 130 Å². The van der Waals surface area contributed by atoms with Gasteiger partial charge in [-0.05, 0) is 0 Å². The number of esters is 1. The van der Waals surface area contributed by atoms with Gasteiger partial charge in [0.1, 0.15) is 35.3 Å². The van der Waals surface area contributed by atoms with Crippen LogP contribution in [0.1, 0.15) is 12.7 Å². The van der Waals surface area contributed by atoms with Gasteiger partial charge in [-0.2, -0.15) is 14.5 Å². The molecule has 1 aromatic heterocycles. The molecular formula is C23H31FN12O8S2. The number of nitrogens with zero attached hydrogens (tertiary/aromatic N) is 6. The molecule has 0 saturated carbocycles. The molecule has 20 nitrogen and oxygen atoms in total. The van der Waals surface area contributed by atoms with Gasteiger partial charge >= 0.3 is 12.1 Å². The summed E-state index contributed by atoms with van der Waals surface area (Å²) < 4.78 is 31.5. The van der Waals surface area contributed by atoms with E-state index < -0.39 is 54.2 Å². The van der Waals surface area contributed by atoms with Crippen molar-refractivity contribution >= 4 is 69.6 Å². The Labute approximate surface area is 268 Å². The van der Waals surface area contributed by atoms with Gasteiger partial charge in [0.05, 0.1) is 0 Å². The number of hydrogen-bond donors (Lipinski definition) is 6. The van der Waals surface area contributed by atoms with Gasteiger partial charge in [0, 0.05) is 62.5 Å². The molecule has 23 heteroatoms. The number of hydrogen-bond acceptors (Lipinski definition) is 19. The Morgan fingerprint density at radius 3 is 2.63 bits per heavy atom. The number of nitrogens with two attached hydrogens (primary N) is 3. The molecule has 3 atom stereocenters. The van der Waals surface area contributed by atoms with Crippen LogP contribution in [0.15, 0.2) is 21.5 Å². The zero-order valence-electron chi connectivity index (χ0n) is 24.3. The molecule has 3 unspecified atom stereocenters. The predicted molar refractivity (Wildman–Crippen MR) is 161 cm³/mol. The van der Waals surface area contributed by atoms with Crippen LogP contribution >= 0.6 is 23.3 Å². The summed E-state index contributed by atoms with van der Waals surface area (Å²) in [7, 11) is 0. The summed E-state index contributed by atoms with van der Waals surface area (Å²) in [4.78, 5) is 63.1. The van der Waals surface area contributed by atoms with Crippen molar-refractivity contribution in [2.75, 3.05) is 57.7 Å². The second-order valence-electron chi connectivity index (χ2n) is 9.36. The fourth-order valence-corrected chi connectivity index (χ4v) is 6.25.